The third kappa shape index (κ3) is 6.82. The first-order valence-corrected chi connectivity index (χ1v) is 17.0. The molecule has 0 saturated heterocycles. The first kappa shape index (κ1) is 32.2. The third-order valence-electron chi connectivity index (χ3n) is 7.35. The average Bonchev–Trinajstić information content (AvgIpc) is 3.06. The Kier molecular flexibility index (Phi) is 8.56. The van der Waals surface area contributed by atoms with Gasteiger partial charge in [-0.15, -0.1) is 0 Å². The van der Waals surface area contributed by atoms with Gasteiger partial charge in [-0.3, -0.25) is 29.5 Å². The first-order chi connectivity index (χ1) is 22.9. The number of carbonyl (C=O) groups excluding carboxylic acids is 2. The molecule has 0 aliphatic heterocycles. The fourth-order valence-electron chi connectivity index (χ4n) is 5.05. The highest BCUT2D eigenvalue weighted by atomic mass is 32.2. The van der Waals surface area contributed by atoms with Gasteiger partial charge >= 0.3 is 0 Å². The van der Waals surface area contributed by atoms with Gasteiger partial charge < -0.3 is 0 Å². The monoisotopic (exact) mass is 680 g/mol. The van der Waals surface area contributed by atoms with Gasteiger partial charge in [-0.2, -0.15) is 27.0 Å². The van der Waals surface area contributed by atoms with E-state index in [0.29, 0.717) is 11.1 Å². The van der Waals surface area contributed by atoms with Crippen LogP contribution in [0.2, 0.25) is 0 Å². The Labute approximate surface area is 275 Å². The van der Waals surface area contributed by atoms with E-state index in [1.54, 1.807) is 36.4 Å². The maximum absolute atomic E-state index is 12.5. The lowest BCUT2D eigenvalue weighted by Gasteiger charge is -2.13. The smallest absolute Gasteiger partial charge is 0.287 e. The number of benzene rings is 4. The molecule has 4 aromatic carbocycles. The SMILES string of the molecule is O=C1C=Cc2ccccc2/C1=N/Nc1ccc(/C=C/c2ccc(N/N=C3/C(=O)C=Cc4ccccc43)cc2S(=O)(=O)O)c(S(=O)(=O)O)c1. The van der Waals surface area contributed by atoms with Crippen molar-refractivity contribution in [3.63, 3.8) is 0 Å². The molecule has 0 amide bonds. The molecule has 0 fully saturated rings. The fourth-order valence-corrected chi connectivity index (χ4v) is 6.47. The van der Waals surface area contributed by atoms with Crippen molar-refractivity contribution in [1.29, 1.82) is 0 Å². The summed E-state index contributed by atoms with van der Waals surface area (Å²) in [7, 11) is -9.59. The van der Waals surface area contributed by atoms with Crippen LogP contribution in [0.3, 0.4) is 0 Å². The van der Waals surface area contributed by atoms with Crippen molar-refractivity contribution in [3.05, 3.63) is 130 Å². The van der Waals surface area contributed by atoms with Crippen LogP contribution in [-0.2, 0) is 29.8 Å². The van der Waals surface area contributed by atoms with Gasteiger partial charge in [-0.1, -0.05) is 85.0 Å². The van der Waals surface area contributed by atoms with Gasteiger partial charge in [-0.05, 0) is 58.7 Å². The second kappa shape index (κ2) is 12.8. The predicted molar refractivity (Wildman–Crippen MR) is 183 cm³/mol. The summed E-state index contributed by atoms with van der Waals surface area (Å²) in [5.41, 5.74) is 8.50. The van der Waals surface area contributed by atoms with E-state index in [1.807, 2.05) is 24.3 Å². The molecular weight excluding hydrogens is 657 g/mol. The molecule has 0 radical (unpaired) electrons. The molecule has 0 atom stereocenters. The number of rotatable bonds is 8. The molecule has 6 rings (SSSR count). The molecule has 0 heterocycles. The van der Waals surface area contributed by atoms with Crippen LogP contribution in [0.1, 0.15) is 33.4 Å². The zero-order valence-corrected chi connectivity index (χ0v) is 26.2. The Morgan fingerprint density at radius 2 is 0.938 bits per heavy atom. The van der Waals surface area contributed by atoms with Crippen molar-refractivity contribution in [1.82, 2.24) is 0 Å². The molecule has 4 aromatic rings. The van der Waals surface area contributed by atoms with Crippen molar-refractivity contribution in [2.45, 2.75) is 9.79 Å². The maximum atomic E-state index is 12.5. The number of fused-ring (bicyclic) bond motifs is 2. The summed E-state index contributed by atoms with van der Waals surface area (Å²) in [6.45, 7) is 0. The quantitative estimate of drug-likeness (QED) is 0.110. The third-order valence-corrected chi connectivity index (χ3v) is 9.16. The standard InChI is InChI=1S/C34H24N4O8S2/c39-29-17-13-21-5-1-3-7-27(21)33(29)37-35-25-15-11-23(31(19-25)47(41,42)43)9-10-24-12-16-26(20-32(24)48(44,45)46)36-38-34-28-8-4-2-6-22(28)14-18-30(34)40/h1-20,35-36H,(H,41,42,43)(H,44,45,46)/b10-9+,37-33-,38-34+. The average molecular weight is 681 g/mol. The number of ketones is 2. The number of allylic oxidation sites excluding steroid dienone is 2. The molecule has 0 saturated carbocycles. The van der Waals surface area contributed by atoms with E-state index in [4.69, 9.17) is 0 Å². The highest BCUT2D eigenvalue weighted by Crippen LogP contribution is 2.27. The van der Waals surface area contributed by atoms with Gasteiger partial charge in [0.2, 0.25) is 11.6 Å². The molecule has 2 aliphatic carbocycles. The van der Waals surface area contributed by atoms with Crippen LogP contribution in [0, 0.1) is 0 Å². The maximum Gasteiger partial charge on any atom is 0.295 e. The van der Waals surface area contributed by atoms with E-state index in [9.17, 15) is 35.5 Å². The van der Waals surface area contributed by atoms with E-state index in [2.05, 4.69) is 21.1 Å². The number of nitrogens with one attached hydrogen (secondary N) is 2. The van der Waals surface area contributed by atoms with Crippen LogP contribution in [0.4, 0.5) is 11.4 Å². The number of nitrogens with zero attached hydrogens (tertiary/aromatic N) is 2. The lowest BCUT2D eigenvalue weighted by molar-refractivity contribution is -0.109. The van der Waals surface area contributed by atoms with Crippen molar-refractivity contribution >= 4 is 78.9 Å². The van der Waals surface area contributed by atoms with Crippen LogP contribution in [-0.4, -0.2) is 48.9 Å². The summed E-state index contributed by atoms with van der Waals surface area (Å²) < 4.78 is 69.2. The Morgan fingerprint density at radius 1 is 0.542 bits per heavy atom. The Hall–Kier alpha value is -5.80. The van der Waals surface area contributed by atoms with Gasteiger partial charge in [0.15, 0.2) is 0 Å². The second-order valence-corrected chi connectivity index (χ2v) is 13.3. The van der Waals surface area contributed by atoms with Crippen molar-refractivity contribution in [3.8, 4) is 0 Å². The zero-order valence-electron chi connectivity index (χ0n) is 24.6. The van der Waals surface area contributed by atoms with Crippen LogP contribution in [0.25, 0.3) is 24.3 Å². The molecule has 12 nitrogen and oxygen atoms in total. The molecule has 0 aromatic heterocycles. The molecule has 48 heavy (non-hydrogen) atoms. The Morgan fingerprint density at radius 3 is 1.33 bits per heavy atom. The highest BCUT2D eigenvalue weighted by molar-refractivity contribution is 7.86. The van der Waals surface area contributed by atoms with E-state index < -0.39 is 30.0 Å². The van der Waals surface area contributed by atoms with Crippen molar-refractivity contribution in [2.75, 3.05) is 10.9 Å². The summed E-state index contributed by atoms with van der Waals surface area (Å²) >= 11 is 0. The minimum Gasteiger partial charge on any atom is -0.287 e. The van der Waals surface area contributed by atoms with E-state index in [0.717, 1.165) is 23.3 Å². The number of carbonyl (C=O) groups is 2. The minimum absolute atomic E-state index is 0.0184. The lowest BCUT2D eigenvalue weighted by Crippen LogP contribution is -2.19. The second-order valence-electron chi connectivity index (χ2n) is 10.5. The van der Waals surface area contributed by atoms with Gasteiger partial charge in [0.25, 0.3) is 20.2 Å². The summed E-state index contributed by atoms with van der Waals surface area (Å²) in [5.74, 6) is -0.715. The topological polar surface area (TPSA) is 192 Å². The van der Waals surface area contributed by atoms with Crippen molar-refractivity contribution in [2.24, 2.45) is 10.2 Å². The van der Waals surface area contributed by atoms with Gasteiger partial charge in [-0.25, -0.2) is 0 Å². The normalized spacial score (nSPS) is 16.0. The van der Waals surface area contributed by atoms with Gasteiger partial charge in [0.05, 0.1) is 11.4 Å². The molecular formula is C34H24N4O8S2. The summed E-state index contributed by atoms with van der Waals surface area (Å²) in [6, 6.07) is 22.0. The highest BCUT2D eigenvalue weighted by Gasteiger charge is 2.21. The molecule has 0 bridgehead atoms. The largest absolute Gasteiger partial charge is 0.295 e. The van der Waals surface area contributed by atoms with E-state index in [-0.39, 0.29) is 45.5 Å². The van der Waals surface area contributed by atoms with E-state index >= 15 is 0 Å². The molecule has 4 N–H and O–H groups in total. The van der Waals surface area contributed by atoms with Crippen molar-refractivity contribution < 1.29 is 35.5 Å². The van der Waals surface area contributed by atoms with Crippen LogP contribution in [0.5, 0.6) is 0 Å². The summed E-state index contributed by atoms with van der Waals surface area (Å²) in [5, 5.41) is 8.34. The van der Waals surface area contributed by atoms with E-state index in [1.165, 1.54) is 48.6 Å². The van der Waals surface area contributed by atoms with Gasteiger partial charge in [0.1, 0.15) is 21.2 Å². The fraction of sp³-hybridized carbons (Fsp3) is 0. The van der Waals surface area contributed by atoms with Crippen LogP contribution in [0.15, 0.2) is 117 Å². The lowest BCUT2D eigenvalue weighted by atomic mass is 9.95. The van der Waals surface area contributed by atoms with Gasteiger partial charge in [0, 0.05) is 11.1 Å². The molecule has 0 unspecified atom stereocenters. The molecule has 0 spiro atoms. The molecule has 14 heteroatoms. The molecule has 2 aliphatic rings. The Bertz CT molecular complexity index is 2230. The number of hydrogen-bond acceptors (Lipinski definition) is 10. The van der Waals surface area contributed by atoms with Crippen LogP contribution < -0.4 is 10.9 Å². The zero-order chi connectivity index (χ0) is 34.1. The number of anilines is 2. The number of hydrazone groups is 2. The van der Waals surface area contributed by atoms with Crippen LogP contribution >= 0.6 is 0 Å². The number of hydrogen-bond donors (Lipinski definition) is 4. The molecule has 240 valence electrons. The summed E-state index contributed by atoms with van der Waals surface area (Å²) in [4.78, 5) is 23.9. The minimum atomic E-state index is -4.79. The predicted octanol–water partition coefficient (Wildman–Crippen LogP) is 5.17. The Balaban J connectivity index is 1.28. The summed E-state index contributed by atoms with van der Waals surface area (Å²) in [6.07, 6.45) is 8.54. The first-order valence-electron chi connectivity index (χ1n) is 14.1.